The van der Waals surface area contributed by atoms with Crippen LogP contribution in [-0.4, -0.2) is 43.2 Å². The first-order valence-corrected chi connectivity index (χ1v) is 13.5. The Morgan fingerprint density at radius 2 is 1.38 bits per heavy atom. The number of carbonyl (C=O) groups is 3. The van der Waals surface area contributed by atoms with Crippen molar-refractivity contribution in [2.24, 2.45) is 5.92 Å². The SMILES string of the molecule is CC(=O)N[C@H]1C=C([Si](C)(C)C)C(C(=O)OC(C)(C)C)=C(C(=O)OC(C)(C)C)[C@@H]1C. The number of carbonyl (C=O) groups excluding carboxylic acids is 3. The van der Waals surface area contributed by atoms with Gasteiger partial charge >= 0.3 is 11.9 Å². The molecular formula is C22H37NO5Si. The van der Waals surface area contributed by atoms with Crippen molar-refractivity contribution in [3.05, 3.63) is 22.4 Å². The fourth-order valence-electron chi connectivity index (χ4n) is 3.16. The second-order valence-electron chi connectivity index (χ2n) is 10.6. The topological polar surface area (TPSA) is 81.7 Å². The Hall–Kier alpha value is -1.89. The van der Waals surface area contributed by atoms with Crippen molar-refractivity contribution in [3.8, 4) is 0 Å². The molecule has 1 aliphatic rings. The number of ether oxygens (including phenoxy) is 2. The van der Waals surface area contributed by atoms with Crippen LogP contribution in [0.1, 0.15) is 55.4 Å². The van der Waals surface area contributed by atoms with E-state index in [9.17, 15) is 14.4 Å². The van der Waals surface area contributed by atoms with E-state index in [1.807, 2.05) is 13.0 Å². The molecule has 2 atom stereocenters. The third-order valence-electron chi connectivity index (χ3n) is 4.28. The third-order valence-corrected chi connectivity index (χ3v) is 6.31. The molecule has 164 valence electrons. The molecule has 0 fully saturated rings. The summed E-state index contributed by atoms with van der Waals surface area (Å²) in [5, 5.41) is 3.70. The molecule has 1 N–H and O–H groups in total. The highest BCUT2D eigenvalue weighted by Crippen LogP contribution is 2.37. The molecular weight excluding hydrogens is 386 g/mol. The molecule has 0 heterocycles. The maximum absolute atomic E-state index is 13.2. The van der Waals surface area contributed by atoms with Crippen LogP contribution in [0.4, 0.5) is 0 Å². The number of esters is 2. The zero-order chi connectivity index (χ0) is 22.9. The lowest BCUT2D eigenvalue weighted by atomic mass is 9.84. The van der Waals surface area contributed by atoms with E-state index in [-0.39, 0.29) is 11.5 Å². The molecule has 0 saturated carbocycles. The van der Waals surface area contributed by atoms with Gasteiger partial charge in [-0.1, -0.05) is 32.6 Å². The summed E-state index contributed by atoms with van der Waals surface area (Å²) in [6.07, 6.45) is 1.92. The van der Waals surface area contributed by atoms with Gasteiger partial charge in [0, 0.05) is 12.8 Å². The molecule has 0 spiro atoms. The standard InChI is InChI=1S/C22H37NO5Si/c1-13-15(23-14(2)24)12-16(29(9,10)11)18(20(26)28-22(6,7)8)17(13)19(25)27-21(3,4)5/h12-13,15H,1-11H3,(H,23,24)/t13-,15+/m1/s1. The lowest BCUT2D eigenvalue weighted by molar-refractivity contribution is -0.154. The molecule has 6 nitrogen and oxygen atoms in total. The summed E-state index contributed by atoms with van der Waals surface area (Å²) in [6, 6.07) is -0.400. The van der Waals surface area contributed by atoms with E-state index >= 15 is 0 Å². The van der Waals surface area contributed by atoms with Gasteiger partial charge in [-0.25, -0.2) is 9.59 Å². The van der Waals surface area contributed by atoms with Gasteiger partial charge in [-0.15, -0.1) is 0 Å². The zero-order valence-electron chi connectivity index (χ0n) is 19.8. The Morgan fingerprint density at radius 3 is 1.76 bits per heavy atom. The number of hydrogen-bond acceptors (Lipinski definition) is 5. The number of amides is 1. The first-order valence-electron chi connectivity index (χ1n) is 10.0. The van der Waals surface area contributed by atoms with Gasteiger partial charge in [-0.05, 0) is 46.7 Å². The lowest BCUT2D eigenvalue weighted by Crippen LogP contribution is -2.46. The van der Waals surface area contributed by atoms with Gasteiger partial charge in [0.15, 0.2) is 0 Å². The number of rotatable bonds is 4. The van der Waals surface area contributed by atoms with Crippen LogP contribution in [0.3, 0.4) is 0 Å². The van der Waals surface area contributed by atoms with Crippen molar-refractivity contribution in [3.63, 3.8) is 0 Å². The summed E-state index contributed by atoms with van der Waals surface area (Å²) in [4.78, 5) is 38.2. The molecule has 0 saturated heterocycles. The number of hydrogen-bond donors (Lipinski definition) is 1. The summed E-state index contributed by atoms with van der Waals surface area (Å²) in [6.45, 7) is 20.3. The normalized spacial score (nSPS) is 20.7. The first-order chi connectivity index (χ1) is 12.8. The van der Waals surface area contributed by atoms with Gasteiger partial charge in [0.2, 0.25) is 5.91 Å². The monoisotopic (exact) mass is 423 g/mol. The Labute approximate surface area is 176 Å². The highest BCUT2D eigenvalue weighted by atomic mass is 28.3. The van der Waals surface area contributed by atoms with Crippen molar-refractivity contribution in [2.45, 2.75) is 92.3 Å². The van der Waals surface area contributed by atoms with Crippen LogP contribution in [0.25, 0.3) is 0 Å². The van der Waals surface area contributed by atoms with Crippen LogP contribution < -0.4 is 5.32 Å². The Kier molecular flexibility index (Phi) is 7.33. The van der Waals surface area contributed by atoms with Crippen LogP contribution in [0, 0.1) is 5.92 Å². The first kappa shape index (κ1) is 25.1. The molecule has 0 bridgehead atoms. The van der Waals surface area contributed by atoms with Crippen LogP contribution >= 0.6 is 0 Å². The lowest BCUT2D eigenvalue weighted by Gasteiger charge is -2.36. The minimum atomic E-state index is -2.08. The van der Waals surface area contributed by atoms with Crippen molar-refractivity contribution < 1.29 is 23.9 Å². The molecule has 0 radical (unpaired) electrons. The van der Waals surface area contributed by atoms with Gasteiger partial charge < -0.3 is 14.8 Å². The van der Waals surface area contributed by atoms with Crippen molar-refractivity contribution in [1.82, 2.24) is 5.32 Å². The van der Waals surface area contributed by atoms with E-state index in [1.165, 1.54) is 6.92 Å². The molecule has 1 aliphatic carbocycles. The summed E-state index contributed by atoms with van der Waals surface area (Å²) in [5.74, 6) is -1.71. The van der Waals surface area contributed by atoms with Crippen molar-refractivity contribution >= 4 is 25.9 Å². The Morgan fingerprint density at radius 1 is 0.931 bits per heavy atom. The Balaban J connectivity index is 3.73. The van der Waals surface area contributed by atoms with Crippen LogP contribution in [0.2, 0.25) is 19.6 Å². The molecule has 0 aromatic heterocycles. The third kappa shape index (κ3) is 7.14. The van der Waals surface area contributed by atoms with Gasteiger partial charge in [-0.2, -0.15) is 0 Å². The minimum Gasteiger partial charge on any atom is -0.457 e. The summed E-state index contributed by atoms with van der Waals surface area (Å²) < 4.78 is 11.3. The average Bonchev–Trinajstić information content (AvgIpc) is 2.43. The summed E-state index contributed by atoms with van der Waals surface area (Å²) in [5.41, 5.74) is -0.853. The van der Waals surface area contributed by atoms with E-state index in [0.717, 1.165) is 5.20 Å². The van der Waals surface area contributed by atoms with Gasteiger partial charge in [0.1, 0.15) is 11.2 Å². The van der Waals surface area contributed by atoms with E-state index in [4.69, 9.17) is 9.47 Å². The van der Waals surface area contributed by atoms with E-state index in [1.54, 1.807) is 41.5 Å². The highest BCUT2D eigenvalue weighted by molar-refractivity contribution is 6.84. The van der Waals surface area contributed by atoms with Gasteiger partial charge in [0.05, 0.1) is 25.3 Å². The van der Waals surface area contributed by atoms with Crippen LogP contribution in [0.5, 0.6) is 0 Å². The predicted molar refractivity (Wildman–Crippen MR) is 117 cm³/mol. The number of nitrogens with one attached hydrogen (secondary N) is 1. The van der Waals surface area contributed by atoms with Crippen LogP contribution in [-0.2, 0) is 23.9 Å². The molecule has 1 amide bonds. The van der Waals surface area contributed by atoms with E-state index in [2.05, 4.69) is 25.0 Å². The predicted octanol–water partition coefficient (Wildman–Crippen LogP) is 3.92. The van der Waals surface area contributed by atoms with Crippen molar-refractivity contribution in [1.29, 1.82) is 0 Å². The molecule has 7 heteroatoms. The second-order valence-corrected chi connectivity index (χ2v) is 15.7. The molecule has 0 aromatic rings. The van der Waals surface area contributed by atoms with Gasteiger partial charge in [0.25, 0.3) is 0 Å². The van der Waals surface area contributed by atoms with Crippen molar-refractivity contribution in [2.75, 3.05) is 0 Å². The largest absolute Gasteiger partial charge is 0.457 e. The maximum Gasteiger partial charge on any atom is 0.339 e. The maximum atomic E-state index is 13.2. The minimum absolute atomic E-state index is 0.197. The van der Waals surface area contributed by atoms with E-state index in [0.29, 0.717) is 5.57 Å². The van der Waals surface area contributed by atoms with Crippen LogP contribution in [0.15, 0.2) is 22.4 Å². The van der Waals surface area contributed by atoms with E-state index < -0.39 is 43.2 Å². The quantitative estimate of drug-likeness (QED) is 0.547. The second kappa shape index (κ2) is 8.46. The summed E-state index contributed by atoms with van der Waals surface area (Å²) >= 11 is 0. The highest BCUT2D eigenvalue weighted by Gasteiger charge is 2.42. The summed E-state index contributed by atoms with van der Waals surface area (Å²) in [7, 11) is -2.08. The van der Waals surface area contributed by atoms with Gasteiger partial charge in [-0.3, -0.25) is 4.79 Å². The fourth-order valence-corrected chi connectivity index (χ4v) is 4.82. The smallest absolute Gasteiger partial charge is 0.339 e. The molecule has 0 aliphatic heterocycles. The average molecular weight is 424 g/mol. The zero-order valence-corrected chi connectivity index (χ0v) is 20.8. The fraction of sp³-hybridized carbons (Fsp3) is 0.682. The molecule has 29 heavy (non-hydrogen) atoms. The molecule has 0 aromatic carbocycles. The molecule has 1 rings (SSSR count). The Bertz CT molecular complexity index is 745. The molecule has 0 unspecified atom stereocenters.